The summed E-state index contributed by atoms with van der Waals surface area (Å²) < 4.78 is 15.5. The number of carbonyl (C=O) groups excluding carboxylic acids is 1. The molecule has 0 fully saturated rings. The molecule has 2 aromatic carbocycles. The second-order valence-corrected chi connectivity index (χ2v) is 6.17. The average Bonchev–Trinajstić information content (AvgIpc) is 2.59. The molecule has 1 aromatic heterocycles. The van der Waals surface area contributed by atoms with Crippen LogP contribution in [0.3, 0.4) is 0 Å². The number of anilines is 1. The number of rotatable bonds is 4. The van der Waals surface area contributed by atoms with Gasteiger partial charge in [0.1, 0.15) is 12.4 Å². The smallest absolute Gasteiger partial charge is 0.267 e. The molecular formula is C18H13BrFN3O2. The van der Waals surface area contributed by atoms with Crippen LogP contribution < -0.4 is 10.9 Å². The molecule has 1 heterocycles. The van der Waals surface area contributed by atoms with Gasteiger partial charge in [-0.25, -0.2) is 9.07 Å². The van der Waals surface area contributed by atoms with Gasteiger partial charge in [-0.05, 0) is 30.3 Å². The molecule has 0 radical (unpaired) electrons. The summed E-state index contributed by atoms with van der Waals surface area (Å²) >= 11 is 3.38. The molecule has 1 N–H and O–H groups in total. The lowest BCUT2D eigenvalue weighted by Gasteiger charge is -2.09. The number of nitrogens with zero attached hydrogens (tertiary/aromatic N) is 2. The molecule has 0 aliphatic rings. The van der Waals surface area contributed by atoms with E-state index in [0.29, 0.717) is 5.69 Å². The first-order valence-electron chi connectivity index (χ1n) is 7.41. The van der Waals surface area contributed by atoms with E-state index < -0.39 is 17.3 Å². The zero-order valence-electron chi connectivity index (χ0n) is 12.9. The maximum atomic E-state index is 13.6. The van der Waals surface area contributed by atoms with Crippen molar-refractivity contribution >= 4 is 27.5 Å². The Bertz CT molecular complexity index is 988. The predicted octanol–water partition coefficient (Wildman–Crippen LogP) is 3.45. The molecule has 126 valence electrons. The summed E-state index contributed by atoms with van der Waals surface area (Å²) in [5, 5.41) is 6.65. The van der Waals surface area contributed by atoms with Gasteiger partial charge in [-0.1, -0.05) is 40.2 Å². The second-order valence-electron chi connectivity index (χ2n) is 5.25. The number of amides is 1. The van der Waals surface area contributed by atoms with Gasteiger partial charge in [0.2, 0.25) is 5.91 Å². The molecule has 0 aliphatic carbocycles. The van der Waals surface area contributed by atoms with E-state index in [4.69, 9.17) is 0 Å². The SMILES string of the molecule is O=C(Cn1nc(-c2cccc(Br)c2)ccc1=O)Nc1ccccc1F. The minimum absolute atomic E-state index is 0.0590. The molecular weight excluding hydrogens is 389 g/mol. The van der Waals surface area contributed by atoms with Gasteiger partial charge in [-0.2, -0.15) is 5.10 Å². The third-order valence-corrected chi connectivity index (χ3v) is 3.92. The monoisotopic (exact) mass is 401 g/mol. The highest BCUT2D eigenvalue weighted by atomic mass is 79.9. The molecule has 0 saturated carbocycles. The van der Waals surface area contributed by atoms with E-state index in [1.54, 1.807) is 12.1 Å². The van der Waals surface area contributed by atoms with Gasteiger partial charge >= 0.3 is 0 Å². The number of benzene rings is 2. The zero-order valence-corrected chi connectivity index (χ0v) is 14.5. The zero-order chi connectivity index (χ0) is 17.8. The number of para-hydroxylation sites is 1. The predicted molar refractivity (Wildman–Crippen MR) is 96.7 cm³/mol. The molecule has 0 atom stereocenters. The van der Waals surface area contributed by atoms with E-state index >= 15 is 0 Å². The van der Waals surface area contributed by atoms with Crippen LogP contribution in [0.1, 0.15) is 0 Å². The van der Waals surface area contributed by atoms with Crippen molar-refractivity contribution < 1.29 is 9.18 Å². The normalized spacial score (nSPS) is 10.5. The largest absolute Gasteiger partial charge is 0.322 e. The first kappa shape index (κ1) is 17.0. The maximum Gasteiger partial charge on any atom is 0.267 e. The van der Waals surface area contributed by atoms with Crippen LogP contribution in [-0.2, 0) is 11.3 Å². The van der Waals surface area contributed by atoms with Crippen LogP contribution in [0.15, 0.2) is 69.9 Å². The summed E-state index contributed by atoms with van der Waals surface area (Å²) in [6, 6.07) is 16.2. The van der Waals surface area contributed by atoms with Crippen molar-refractivity contribution in [3.8, 4) is 11.3 Å². The molecule has 0 aliphatic heterocycles. The van der Waals surface area contributed by atoms with Crippen molar-refractivity contribution in [2.75, 3.05) is 5.32 Å². The van der Waals surface area contributed by atoms with E-state index in [2.05, 4.69) is 26.3 Å². The molecule has 5 nitrogen and oxygen atoms in total. The number of nitrogens with one attached hydrogen (secondary N) is 1. The van der Waals surface area contributed by atoms with Gasteiger partial charge < -0.3 is 5.32 Å². The lowest BCUT2D eigenvalue weighted by atomic mass is 10.1. The van der Waals surface area contributed by atoms with Gasteiger partial charge in [-0.3, -0.25) is 9.59 Å². The number of hydrogen-bond acceptors (Lipinski definition) is 3. The van der Waals surface area contributed by atoms with E-state index in [-0.39, 0.29) is 12.2 Å². The summed E-state index contributed by atoms with van der Waals surface area (Å²) in [6.45, 7) is -0.311. The maximum absolute atomic E-state index is 13.6. The van der Waals surface area contributed by atoms with Crippen LogP contribution in [0.2, 0.25) is 0 Å². The number of halogens is 2. The molecule has 7 heteroatoms. The Morgan fingerprint density at radius 1 is 1.12 bits per heavy atom. The van der Waals surface area contributed by atoms with Gasteiger partial charge in [0.25, 0.3) is 5.56 Å². The third kappa shape index (κ3) is 4.19. The Balaban J connectivity index is 1.83. The van der Waals surface area contributed by atoms with Crippen LogP contribution in [0, 0.1) is 5.82 Å². The molecule has 25 heavy (non-hydrogen) atoms. The van der Waals surface area contributed by atoms with Crippen molar-refractivity contribution in [2.24, 2.45) is 0 Å². The fraction of sp³-hybridized carbons (Fsp3) is 0.0556. The fourth-order valence-electron chi connectivity index (χ4n) is 2.25. The first-order valence-corrected chi connectivity index (χ1v) is 8.21. The number of hydrogen-bond donors (Lipinski definition) is 1. The van der Waals surface area contributed by atoms with Crippen LogP contribution in [0.25, 0.3) is 11.3 Å². The summed E-state index contributed by atoms with van der Waals surface area (Å²) in [4.78, 5) is 24.1. The van der Waals surface area contributed by atoms with Crippen LogP contribution >= 0.6 is 15.9 Å². The van der Waals surface area contributed by atoms with Crippen molar-refractivity contribution in [3.05, 3.63) is 81.3 Å². The highest BCUT2D eigenvalue weighted by Gasteiger charge is 2.10. The summed E-state index contributed by atoms with van der Waals surface area (Å²) in [5.74, 6) is -1.08. The Morgan fingerprint density at radius 3 is 2.68 bits per heavy atom. The van der Waals surface area contributed by atoms with Gasteiger partial charge in [0, 0.05) is 16.1 Å². The summed E-state index contributed by atoms with van der Waals surface area (Å²) in [6.07, 6.45) is 0. The molecule has 3 rings (SSSR count). The average molecular weight is 402 g/mol. The summed E-state index contributed by atoms with van der Waals surface area (Å²) in [7, 11) is 0. The van der Waals surface area contributed by atoms with Gasteiger partial charge in [0.15, 0.2) is 0 Å². The number of carbonyl (C=O) groups is 1. The molecule has 0 unspecified atom stereocenters. The summed E-state index contributed by atoms with van der Waals surface area (Å²) in [5.41, 5.74) is 1.00. The molecule has 0 spiro atoms. The second kappa shape index (κ2) is 7.40. The van der Waals surface area contributed by atoms with E-state index in [1.807, 2.05) is 24.3 Å². The van der Waals surface area contributed by atoms with Crippen molar-refractivity contribution in [2.45, 2.75) is 6.54 Å². The van der Waals surface area contributed by atoms with Crippen molar-refractivity contribution in [1.29, 1.82) is 0 Å². The highest BCUT2D eigenvalue weighted by Crippen LogP contribution is 2.20. The Hall–Kier alpha value is -2.80. The minimum Gasteiger partial charge on any atom is -0.322 e. The van der Waals surface area contributed by atoms with Crippen LogP contribution in [0.4, 0.5) is 10.1 Å². The standard InChI is InChI=1S/C18H13BrFN3O2/c19-13-5-3-4-12(10-13)15-8-9-18(25)23(22-15)11-17(24)21-16-7-2-1-6-14(16)20/h1-10H,11H2,(H,21,24). The third-order valence-electron chi connectivity index (χ3n) is 3.43. The van der Waals surface area contributed by atoms with Crippen molar-refractivity contribution in [1.82, 2.24) is 9.78 Å². The number of aromatic nitrogens is 2. The van der Waals surface area contributed by atoms with E-state index in [1.165, 1.54) is 24.3 Å². The molecule has 3 aromatic rings. The Kier molecular flexibility index (Phi) is 5.04. The lowest BCUT2D eigenvalue weighted by Crippen LogP contribution is -2.29. The van der Waals surface area contributed by atoms with Crippen LogP contribution in [0.5, 0.6) is 0 Å². The van der Waals surface area contributed by atoms with Crippen molar-refractivity contribution in [3.63, 3.8) is 0 Å². The molecule has 1 amide bonds. The lowest BCUT2D eigenvalue weighted by molar-refractivity contribution is -0.117. The fourth-order valence-corrected chi connectivity index (χ4v) is 2.65. The Labute approximate surface area is 151 Å². The minimum atomic E-state index is -0.543. The topological polar surface area (TPSA) is 64.0 Å². The van der Waals surface area contributed by atoms with Crippen LogP contribution in [-0.4, -0.2) is 15.7 Å². The quantitative estimate of drug-likeness (QED) is 0.727. The van der Waals surface area contributed by atoms with Gasteiger partial charge in [0.05, 0.1) is 11.4 Å². The van der Waals surface area contributed by atoms with E-state index in [0.717, 1.165) is 14.7 Å². The molecule has 0 saturated heterocycles. The van der Waals surface area contributed by atoms with Gasteiger partial charge in [-0.15, -0.1) is 0 Å². The highest BCUT2D eigenvalue weighted by molar-refractivity contribution is 9.10. The first-order chi connectivity index (χ1) is 12.0. The molecule has 0 bridgehead atoms. The Morgan fingerprint density at radius 2 is 1.92 bits per heavy atom. The van der Waals surface area contributed by atoms with E-state index in [9.17, 15) is 14.0 Å².